The summed E-state index contributed by atoms with van der Waals surface area (Å²) in [6.45, 7) is 3.69. The topological polar surface area (TPSA) is 9.23 Å². The van der Waals surface area contributed by atoms with Crippen molar-refractivity contribution in [2.24, 2.45) is 5.41 Å². The Morgan fingerprint density at radius 2 is 2.06 bits per heavy atom. The third-order valence-corrected chi connectivity index (χ3v) is 4.90. The number of hydrogen-bond donors (Lipinski definition) is 0. The molecule has 0 unspecified atom stereocenters. The molecule has 1 aliphatic rings. The largest absolute Gasteiger partial charge is 0.381 e. The van der Waals surface area contributed by atoms with E-state index in [-0.39, 0.29) is 11.2 Å². The maximum Gasteiger partial charge on any atom is 0.123 e. The SMILES string of the molecule is Cc1ccc(F)cc1CC1(CBr)CCOCC1. The van der Waals surface area contributed by atoms with Gasteiger partial charge in [-0.3, -0.25) is 0 Å². The minimum Gasteiger partial charge on any atom is -0.381 e. The molecule has 2 rings (SSSR count). The van der Waals surface area contributed by atoms with E-state index in [9.17, 15) is 4.39 Å². The Morgan fingerprint density at radius 1 is 1.35 bits per heavy atom. The number of ether oxygens (including phenoxy) is 1. The average molecular weight is 301 g/mol. The molecule has 1 aromatic rings. The molecular weight excluding hydrogens is 283 g/mol. The molecule has 0 amide bonds. The van der Waals surface area contributed by atoms with Crippen molar-refractivity contribution < 1.29 is 9.13 Å². The Morgan fingerprint density at radius 3 is 2.71 bits per heavy atom. The van der Waals surface area contributed by atoms with E-state index in [0.29, 0.717) is 0 Å². The number of aryl methyl sites for hydroxylation is 1. The van der Waals surface area contributed by atoms with Crippen molar-refractivity contribution in [2.45, 2.75) is 26.2 Å². The molecule has 0 N–H and O–H groups in total. The minimum absolute atomic E-state index is 0.137. The summed E-state index contributed by atoms with van der Waals surface area (Å²) >= 11 is 3.62. The molecule has 94 valence electrons. The maximum absolute atomic E-state index is 13.3. The van der Waals surface area contributed by atoms with Crippen LogP contribution in [0.15, 0.2) is 18.2 Å². The standard InChI is InChI=1S/C14H18BrFO/c1-11-2-3-13(16)8-12(11)9-14(10-15)4-6-17-7-5-14/h2-3,8H,4-7,9-10H2,1H3. The molecule has 0 saturated carbocycles. The lowest BCUT2D eigenvalue weighted by atomic mass is 9.76. The van der Waals surface area contributed by atoms with Gasteiger partial charge in [-0.1, -0.05) is 22.0 Å². The second-order valence-electron chi connectivity index (χ2n) is 4.99. The number of hydrogen-bond acceptors (Lipinski definition) is 1. The Balaban J connectivity index is 2.20. The zero-order valence-electron chi connectivity index (χ0n) is 10.1. The van der Waals surface area contributed by atoms with E-state index in [1.54, 1.807) is 6.07 Å². The van der Waals surface area contributed by atoms with Gasteiger partial charge in [0.15, 0.2) is 0 Å². The zero-order valence-corrected chi connectivity index (χ0v) is 11.7. The monoisotopic (exact) mass is 300 g/mol. The van der Waals surface area contributed by atoms with Gasteiger partial charge in [0, 0.05) is 18.5 Å². The van der Waals surface area contributed by atoms with Gasteiger partial charge in [-0.2, -0.15) is 0 Å². The van der Waals surface area contributed by atoms with Gasteiger partial charge in [0.25, 0.3) is 0 Å². The third-order valence-electron chi connectivity index (χ3n) is 3.71. The smallest absolute Gasteiger partial charge is 0.123 e. The zero-order chi connectivity index (χ0) is 12.3. The quantitative estimate of drug-likeness (QED) is 0.770. The first-order valence-electron chi connectivity index (χ1n) is 6.04. The highest BCUT2D eigenvalue weighted by Gasteiger charge is 2.32. The molecule has 0 aromatic heterocycles. The van der Waals surface area contributed by atoms with Crippen LogP contribution in [0.3, 0.4) is 0 Å². The first kappa shape index (κ1) is 13.0. The van der Waals surface area contributed by atoms with E-state index in [1.807, 2.05) is 6.07 Å². The van der Waals surface area contributed by atoms with Gasteiger partial charge in [0.05, 0.1) is 0 Å². The highest BCUT2D eigenvalue weighted by molar-refractivity contribution is 9.09. The molecule has 1 heterocycles. The summed E-state index contributed by atoms with van der Waals surface area (Å²) in [5.41, 5.74) is 2.54. The van der Waals surface area contributed by atoms with Crippen molar-refractivity contribution in [1.82, 2.24) is 0 Å². The highest BCUT2D eigenvalue weighted by Crippen LogP contribution is 2.36. The molecule has 1 aliphatic heterocycles. The third kappa shape index (κ3) is 3.08. The molecule has 1 nitrogen and oxygen atoms in total. The van der Waals surface area contributed by atoms with Crippen LogP contribution in [0.4, 0.5) is 4.39 Å². The number of benzene rings is 1. The van der Waals surface area contributed by atoms with Crippen molar-refractivity contribution in [3.8, 4) is 0 Å². The second-order valence-corrected chi connectivity index (χ2v) is 5.55. The summed E-state index contributed by atoms with van der Waals surface area (Å²) in [4.78, 5) is 0. The van der Waals surface area contributed by atoms with Gasteiger partial charge in [-0.15, -0.1) is 0 Å². The molecule has 0 atom stereocenters. The number of halogens is 2. The molecular formula is C14H18BrFO. The van der Waals surface area contributed by atoms with Crippen LogP contribution in [0.25, 0.3) is 0 Å². The second kappa shape index (κ2) is 5.49. The van der Waals surface area contributed by atoms with E-state index in [0.717, 1.165) is 43.4 Å². The maximum atomic E-state index is 13.3. The molecule has 1 aromatic carbocycles. The van der Waals surface area contributed by atoms with Crippen LogP contribution in [0, 0.1) is 18.2 Å². The van der Waals surface area contributed by atoms with Crippen molar-refractivity contribution in [3.63, 3.8) is 0 Å². The molecule has 0 aliphatic carbocycles. The summed E-state index contributed by atoms with van der Waals surface area (Å²) in [6, 6.07) is 5.07. The summed E-state index contributed by atoms with van der Waals surface area (Å²) in [5, 5.41) is 0.958. The van der Waals surface area contributed by atoms with E-state index < -0.39 is 0 Å². The van der Waals surface area contributed by atoms with Gasteiger partial charge in [-0.05, 0) is 54.9 Å². The van der Waals surface area contributed by atoms with Crippen molar-refractivity contribution in [2.75, 3.05) is 18.5 Å². The predicted molar refractivity (Wildman–Crippen MR) is 71.1 cm³/mol. The number of alkyl halides is 1. The molecule has 0 spiro atoms. The summed E-state index contributed by atoms with van der Waals surface area (Å²) in [6.07, 6.45) is 3.04. The molecule has 3 heteroatoms. The Kier molecular flexibility index (Phi) is 4.21. The van der Waals surface area contributed by atoms with Crippen LogP contribution >= 0.6 is 15.9 Å². The molecule has 1 saturated heterocycles. The summed E-state index contributed by atoms with van der Waals surface area (Å²) in [7, 11) is 0. The molecule has 1 fully saturated rings. The van der Waals surface area contributed by atoms with Gasteiger partial charge < -0.3 is 4.74 Å². The van der Waals surface area contributed by atoms with E-state index in [1.165, 1.54) is 11.6 Å². The molecule has 0 radical (unpaired) electrons. The lowest BCUT2D eigenvalue weighted by Gasteiger charge is -2.36. The fourth-order valence-corrected chi connectivity index (χ4v) is 3.16. The molecule has 17 heavy (non-hydrogen) atoms. The average Bonchev–Trinajstić information content (AvgIpc) is 2.35. The van der Waals surface area contributed by atoms with Crippen LogP contribution < -0.4 is 0 Å². The van der Waals surface area contributed by atoms with Gasteiger partial charge >= 0.3 is 0 Å². The minimum atomic E-state index is -0.137. The van der Waals surface area contributed by atoms with Crippen LogP contribution in [0.1, 0.15) is 24.0 Å². The fraction of sp³-hybridized carbons (Fsp3) is 0.571. The van der Waals surface area contributed by atoms with Crippen LogP contribution in [0.5, 0.6) is 0 Å². The van der Waals surface area contributed by atoms with Gasteiger partial charge in [0.1, 0.15) is 5.82 Å². The van der Waals surface area contributed by atoms with Crippen LogP contribution in [-0.2, 0) is 11.2 Å². The lowest BCUT2D eigenvalue weighted by Crippen LogP contribution is -2.33. The van der Waals surface area contributed by atoms with Gasteiger partial charge in [-0.25, -0.2) is 4.39 Å². The van der Waals surface area contributed by atoms with E-state index in [2.05, 4.69) is 22.9 Å². The van der Waals surface area contributed by atoms with Crippen LogP contribution in [0.2, 0.25) is 0 Å². The first-order chi connectivity index (χ1) is 8.15. The Bertz CT molecular complexity index is 386. The summed E-state index contributed by atoms with van der Waals surface area (Å²) in [5.74, 6) is -0.137. The summed E-state index contributed by atoms with van der Waals surface area (Å²) < 4.78 is 18.7. The fourth-order valence-electron chi connectivity index (χ4n) is 2.40. The van der Waals surface area contributed by atoms with E-state index in [4.69, 9.17) is 4.74 Å². The Labute approximate surface area is 110 Å². The first-order valence-corrected chi connectivity index (χ1v) is 7.16. The van der Waals surface area contributed by atoms with Gasteiger partial charge in [0.2, 0.25) is 0 Å². The van der Waals surface area contributed by atoms with Crippen LogP contribution in [-0.4, -0.2) is 18.5 Å². The van der Waals surface area contributed by atoms with E-state index >= 15 is 0 Å². The number of rotatable bonds is 3. The normalized spacial score (nSPS) is 19.2. The highest BCUT2D eigenvalue weighted by atomic mass is 79.9. The Hall–Kier alpha value is -0.410. The molecule has 0 bridgehead atoms. The van der Waals surface area contributed by atoms with Crippen molar-refractivity contribution in [1.29, 1.82) is 0 Å². The lowest BCUT2D eigenvalue weighted by molar-refractivity contribution is 0.0269. The predicted octanol–water partition coefficient (Wildman–Crippen LogP) is 3.87. The van der Waals surface area contributed by atoms with Crippen molar-refractivity contribution >= 4 is 15.9 Å². The van der Waals surface area contributed by atoms with Crippen molar-refractivity contribution in [3.05, 3.63) is 35.1 Å².